The first kappa shape index (κ1) is 27.4. The summed E-state index contributed by atoms with van der Waals surface area (Å²) >= 11 is 12.4. The Balaban J connectivity index is 1.55. The van der Waals surface area contributed by atoms with Crippen LogP contribution in [0.2, 0.25) is 10.0 Å². The number of pyridine rings is 1. The molecule has 3 aromatic rings. The molecule has 1 aliphatic rings. The summed E-state index contributed by atoms with van der Waals surface area (Å²) in [5.74, 6) is 0.0303. The molecule has 2 heterocycles. The lowest BCUT2D eigenvalue weighted by Gasteiger charge is -2.34. The highest BCUT2D eigenvalue weighted by Crippen LogP contribution is 2.29. The molecule has 1 fully saturated rings. The third kappa shape index (κ3) is 7.23. The average Bonchev–Trinajstić information content (AvgIpc) is 3.45. The Kier molecular flexibility index (Phi) is 9.81. The van der Waals surface area contributed by atoms with Crippen LogP contribution in [-0.2, 0) is 9.53 Å². The molecule has 1 atom stereocenters. The number of amides is 1. The fraction of sp³-hybridized carbons (Fsp3) is 0.379. The van der Waals surface area contributed by atoms with Gasteiger partial charge >= 0.3 is 0 Å². The molecule has 0 aliphatic carbocycles. The van der Waals surface area contributed by atoms with Crippen LogP contribution in [0.1, 0.15) is 24.4 Å². The van der Waals surface area contributed by atoms with Gasteiger partial charge in [-0.15, -0.1) is 0 Å². The van der Waals surface area contributed by atoms with E-state index in [-0.39, 0.29) is 18.5 Å². The molecule has 37 heavy (non-hydrogen) atoms. The normalized spacial score (nSPS) is 14.5. The standard InChI is InChI=1S/C29H34Cl2N4O2/c1-33(29(36)21-35(16-17-37-2)25-11-12-26(30)27(31)18-25)28(20-34-14-3-4-15-34)23-9-7-22(8-10-23)24-6-5-13-32-19-24/h5-13,18-19,28H,3-4,14-17,20-21H2,1-2H3. The number of likely N-dealkylation sites (tertiary alicyclic amines) is 1. The van der Waals surface area contributed by atoms with Gasteiger partial charge in [0.15, 0.2) is 0 Å². The number of nitrogens with zero attached hydrogens (tertiary/aromatic N) is 4. The molecule has 0 saturated carbocycles. The maximum absolute atomic E-state index is 13.7. The summed E-state index contributed by atoms with van der Waals surface area (Å²) in [5, 5.41) is 0.948. The number of likely N-dealkylation sites (N-methyl/N-ethyl adjacent to an activating group) is 1. The number of carbonyl (C=O) groups is 1. The lowest BCUT2D eigenvalue weighted by Crippen LogP contribution is -2.44. The van der Waals surface area contributed by atoms with Crippen LogP contribution >= 0.6 is 23.2 Å². The van der Waals surface area contributed by atoms with Crippen LogP contribution in [0.3, 0.4) is 0 Å². The van der Waals surface area contributed by atoms with Crippen LogP contribution in [0.5, 0.6) is 0 Å². The zero-order valence-electron chi connectivity index (χ0n) is 21.4. The molecule has 0 bridgehead atoms. The van der Waals surface area contributed by atoms with Crippen LogP contribution in [0.25, 0.3) is 11.1 Å². The van der Waals surface area contributed by atoms with Crippen LogP contribution in [0, 0.1) is 0 Å². The predicted molar refractivity (Wildman–Crippen MR) is 151 cm³/mol. The van der Waals surface area contributed by atoms with Gasteiger partial charge < -0.3 is 19.4 Å². The number of benzene rings is 2. The average molecular weight is 542 g/mol. The van der Waals surface area contributed by atoms with Crippen LogP contribution in [-0.4, -0.2) is 74.2 Å². The molecule has 1 aromatic heterocycles. The molecule has 1 amide bonds. The van der Waals surface area contributed by atoms with Crippen LogP contribution < -0.4 is 4.90 Å². The second kappa shape index (κ2) is 13.2. The lowest BCUT2D eigenvalue weighted by molar-refractivity contribution is -0.131. The van der Waals surface area contributed by atoms with Crippen LogP contribution in [0.4, 0.5) is 5.69 Å². The van der Waals surface area contributed by atoms with Crippen molar-refractivity contribution in [1.82, 2.24) is 14.8 Å². The second-order valence-electron chi connectivity index (χ2n) is 9.40. The Labute approximate surface area is 229 Å². The third-order valence-corrected chi connectivity index (χ3v) is 7.68. The summed E-state index contributed by atoms with van der Waals surface area (Å²) in [6.07, 6.45) is 6.04. The highest BCUT2D eigenvalue weighted by atomic mass is 35.5. The van der Waals surface area contributed by atoms with E-state index >= 15 is 0 Å². The van der Waals surface area contributed by atoms with E-state index in [1.807, 2.05) is 35.2 Å². The van der Waals surface area contributed by atoms with Crippen molar-refractivity contribution < 1.29 is 9.53 Å². The summed E-state index contributed by atoms with van der Waals surface area (Å²) < 4.78 is 5.31. The van der Waals surface area contributed by atoms with Crippen molar-refractivity contribution in [2.75, 3.05) is 58.4 Å². The lowest BCUT2D eigenvalue weighted by atomic mass is 10.0. The molecule has 4 rings (SSSR count). The number of ether oxygens (including phenoxy) is 1. The highest BCUT2D eigenvalue weighted by Gasteiger charge is 2.27. The van der Waals surface area contributed by atoms with Crippen molar-refractivity contribution >= 4 is 34.8 Å². The van der Waals surface area contributed by atoms with E-state index in [0.29, 0.717) is 23.2 Å². The molecule has 0 spiro atoms. The molecule has 6 nitrogen and oxygen atoms in total. The number of methoxy groups -OCH3 is 1. The van der Waals surface area contributed by atoms with Crippen molar-refractivity contribution in [2.45, 2.75) is 18.9 Å². The summed E-state index contributed by atoms with van der Waals surface area (Å²) in [5.41, 5.74) is 4.14. The number of halogens is 2. The van der Waals surface area contributed by atoms with Gasteiger partial charge in [-0.2, -0.15) is 0 Å². The first-order chi connectivity index (χ1) is 18.0. The molecule has 0 radical (unpaired) electrons. The molecular formula is C29H34Cl2N4O2. The highest BCUT2D eigenvalue weighted by molar-refractivity contribution is 6.42. The second-order valence-corrected chi connectivity index (χ2v) is 10.2. The van der Waals surface area contributed by atoms with Gasteiger partial charge in [-0.3, -0.25) is 9.78 Å². The molecule has 1 saturated heterocycles. The Bertz CT molecular complexity index is 1150. The summed E-state index contributed by atoms with van der Waals surface area (Å²) in [4.78, 5) is 24.2. The topological polar surface area (TPSA) is 48.9 Å². The van der Waals surface area contributed by atoms with Crippen LogP contribution in [0.15, 0.2) is 67.0 Å². The van der Waals surface area contributed by atoms with Gasteiger partial charge in [0.2, 0.25) is 5.91 Å². The summed E-state index contributed by atoms with van der Waals surface area (Å²) in [7, 11) is 3.56. The Morgan fingerprint density at radius 2 is 1.81 bits per heavy atom. The van der Waals surface area contributed by atoms with Gasteiger partial charge in [0.05, 0.1) is 29.2 Å². The summed E-state index contributed by atoms with van der Waals surface area (Å²) in [6, 6.07) is 17.9. The molecule has 8 heteroatoms. The molecular weight excluding hydrogens is 507 g/mol. The molecule has 196 valence electrons. The van der Waals surface area contributed by atoms with E-state index in [0.717, 1.165) is 42.0 Å². The van der Waals surface area contributed by atoms with Gasteiger partial charge in [-0.25, -0.2) is 0 Å². The fourth-order valence-corrected chi connectivity index (χ4v) is 5.02. The zero-order chi connectivity index (χ0) is 26.2. The smallest absolute Gasteiger partial charge is 0.242 e. The minimum Gasteiger partial charge on any atom is -0.383 e. The summed E-state index contributed by atoms with van der Waals surface area (Å²) in [6.45, 7) is 4.20. The van der Waals surface area contributed by atoms with Crippen molar-refractivity contribution in [2.24, 2.45) is 0 Å². The Hall–Kier alpha value is -2.64. The minimum absolute atomic E-state index is 0.0303. The third-order valence-electron chi connectivity index (χ3n) is 6.94. The molecule has 1 unspecified atom stereocenters. The number of carbonyl (C=O) groups excluding carboxylic acids is 1. The SMILES string of the molecule is COCCN(CC(=O)N(C)C(CN1CCCC1)c1ccc(-c2cccnc2)cc1)c1ccc(Cl)c(Cl)c1. The van der Waals surface area contributed by atoms with Gasteiger partial charge in [-0.05, 0) is 66.9 Å². The first-order valence-electron chi connectivity index (χ1n) is 12.6. The maximum Gasteiger partial charge on any atom is 0.242 e. The Morgan fingerprint density at radius 1 is 1.05 bits per heavy atom. The van der Waals surface area contributed by atoms with E-state index in [1.54, 1.807) is 25.4 Å². The van der Waals surface area contributed by atoms with E-state index in [1.165, 1.54) is 12.8 Å². The van der Waals surface area contributed by atoms with Gasteiger partial charge in [-0.1, -0.05) is 53.5 Å². The fourth-order valence-electron chi connectivity index (χ4n) is 4.72. The molecule has 1 aliphatic heterocycles. The number of rotatable bonds is 11. The Morgan fingerprint density at radius 3 is 2.46 bits per heavy atom. The minimum atomic E-state index is -0.0633. The van der Waals surface area contributed by atoms with E-state index < -0.39 is 0 Å². The van der Waals surface area contributed by atoms with E-state index in [9.17, 15) is 4.79 Å². The van der Waals surface area contributed by atoms with Crippen molar-refractivity contribution in [3.63, 3.8) is 0 Å². The quantitative estimate of drug-likeness (QED) is 0.307. The monoisotopic (exact) mass is 540 g/mol. The van der Waals surface area contributed by atoms with E-state index in [2.05, 4.69) is 40.2 Å². The number of anilines is 1. The van der Waals surface area contributed by atoms with Gasteiger partial charge in [0.25, 0.3) is 0 Å². The molecule has 2 aromatic carbocycles. The number of hydrogen-bond acceptors (Lipinski definition) is 5. The van der Waals surface area contributed by atoms with Crippen molar-refractivity contribution in [3.8, 4) is 11.1 Å². The number of hydrogen-bond donors (Lipinski definition) is 0. The number of aromatic nitrogens is 1. The van der Waals surface area contributed by atoms with Crippen molar-refractivity contribution in [3.05, 3.63) is 82.6 Å². The largest absolute Gasteiger partial charge is 0.383 e. The van der Waals surface area contributed by atoms with Crippen molar-refractivity contribution in [1.29, 1.82) is 0 Å². The zero-order valence-corrected chi connectivity index (χ0v) is 23.0. The van der Waals surface area contributed by atoms with E-state index in [4.69, 9.17) is 27.9 Å². The van der Waals surface area contributed by atoms with Gasteiger partial charge in [0.1, 0.15) is 0 Å². The maximum atomic E-state index is 13.7. The molecule has 0 N–H and O–H groups in total. The predicted octanol–water partition coefficient (Wildman–Crippen LogP) is 5.80. The van der Waals surface area contributed by atoms with Gasteiger partial charge in [0, 0.05) is 45.3 Å². The first-order valence-corrected chi connectivity index (χ1v) is 13.4.